The summed E-state index contributed by atoms with van der Waals surface area (Å²) >= 11 is 0. The maximum absolute atomic E-state index is 11.0. The molecule has 0 aliphatic carbocycles. The van der Waals surface area contributed by atoms with E-state index >= 15 is 0 Å². The first-order valence-electron chi connectivity index (χ1n) is 5.41. The average Bonchev–Trinajstić information content (AvgIpc) is 2.64. The molecule has 4 atom stereocenters. The van der Waals surface area contributed by atoms with E-state index in [-0.39, 0.29) is 5.82 Å². The molecule has 2 rings (SSSR count). The number of ether oxygens (including phenoxy) is 1. The summed E-state index contributed by atoms with van der Waals surface area (Å²) in [6, 6.07) is 0. The van der Waals surface area contributed by atoms with Crippen LogP contribution in [0.5, 0.6) is 0 Å². The van der Waals surface area contributed by atoms with Crippen molar-refractivity contribution in [1.82, 2.24) is 10.3 Å². The van der Waals surface area contributed by atoms with E-state index in [4.69, 9.17) is 11.2 Å². The average molecular weight is 267 g/mol. The number of hydrazone groups is 1. The lowest BCUT2D eigenvalue weighted by atomic mass is 9.97. The predicted molar refractivity (Wildman–Crippen MR) is 63.2 cm³/mol. The lowest BCUT2D eigenvalue weighted by Gasteiger charge is -2.31. The summed E-state index contributed by atoms with van der Waals surface area (Å²) in [6.45, 7) is 2.87. The zero-order valence-corrected chi connectivity index (χ0v) is 9.85. The van der Waals surface area contributed by atoms with Crippen LogP contribution in [0.2, 0.25) is 0 Å². The SMILES string of the molecule is C#C[C@]1(CO)O[C@@H](N2N=CC(=O)NC2=C)[C@@H](O)C1O. The third kappa shape index (κ3) is 1.98. The number of carbonyl (C=O) groups is 1. The fraction of sp³-hybridized carbons (Fsp3) is 0.455. The van der Waals surface area contributed by atoms with E-state index in [0.717, 1.165) is 11.2 Å². The number of amides is 1. The van der Waals surface area contributed by atoms with Crippen LogP contribution in [-0.4, -0.2) is 63.1 Å². The molecular formula is C11H13N3O5. The smallest absolute Gasteiger partial charge is 0.269 e. The van der Waals surface area contributed by atoms with Gasteiger partial charge in [0.25, 0.3) is 5.91 Å². The van der Waals surface area contributed by atoms with Crippen LogP contribution in [0.4, 0.5) is 0 Å². The molecule has 8 nitrogen and oxygen atoms in total. The van der Waals surface area contributed by atoms with Gasteiger partial charge in [-0.3, -0.25) is 4.79 Å². The molecule has 2 aliphatic heterocycles. The highest BCUT2D eigenvalue weighted by atomic mass is 16.6. The van der Waals surface area contributed by atoms with Crippen LogP contribution in [0.25, 0.3) is 0 Å². The minimum Gasteiger partial charge on any atom is -0.392 e. The zero-order chi connectivity index (χ0) is 14.2. The second-order valence-corrected chi connectivity index (χ2v) is 4.16. The minimum atomic E-state index is -1.72. The number of carbonyl (C=O) groups excluding carboxylic acids is 1. The van der Waals surface area contributed by atoms with Gasteiger partial charge in [-0.2, -0.15) is 5.10 Å². The minimum absolute atomic E-state index is 0.0644. The molecule has 19 heavy (non-hydrogen) atoms. The third-order valence-electron chi connectivity index (χ3n) is 2.99. The first-order chi connectivity index (χ1) is 8.95. The standard InChI is InChI=1S/C11H13N3O5/c1-3-11(5-15)9(18)8(17)10(19-11)14-6(2)13-7(16)4-12-14/h1,4,8-10,15,17-18H,2,5H2,(H,13,16)/t8-,9?,10+,11+/m0/s1. The number of aliphatic hydroxyl groups excluding tert-OH is 3. The van der Waals surface area contributed by atoms with E-state index in [1.54, 1.807) is 0 Å². The number of rotatable bonds is 2. The molecule has 0 bridgehead atoms. The lowest BCUT2D eigenvalue weighted by molar-refractivity contribution is -0.124. The Morgan fingerprint density at radius 2 is 2.37 bits per heavy atom. The second-order valence-electron chi connectivity index (χ2n) is 4.16. The maximum Gasteiger partial charge on any atom is 0.269 e. The molecule has 4 N–H and O–H groups in total. The molecule has 102 valence electrons. The Morgan fingerprint density at radius 1 is 1.68 bits per heavy atom. The first kappa shape index (κ1) is 13.5. The largest absolute Gasteiger partial charge is 0.392 e. The molecule has 1 amide bonds. The molecule has 8 heteroatoms. The molecule has 0 radical (unpaired) electrons. The van der Waals surface area contributed by atoms with Crippen molar-refractivity contribution in [3.63, 3.8) is 0 Å². The number of nitrogens with one attached hydrogen (secondary N) is 1. The molecule has 1 unspecified atom stereocenters. The highest BCUT2D eigenvalue weighted by Crippen LogP contribution is 2.33. The van der Waals surface area contributed by atoms with Crippen molar-refractivity contribution in [1.29, 1.82) is 0 Å². The van der Waals surface area contributed by atoms with Gasteiger partial charge in [-0.05, 0) is 0 Å². The Kier molecular flexibility index (Phi) is 3.30. The van der Waals surface area contributed by atoms with Gasteiger partial charge in [0.1, 0.15) is 24.2 Å². The van der Waals surface area contributed by atoms with Crippen molar-refractivity contribution in [3.8, 4) is 12.3 Å². The van der Waals surface area contributed by atoms with Crippen LogP contribution in [-0.2, 0) is 9.53 Å². The Hall–Kier alpha value is -1.92. The highest BCUT2D eigenvalue weighted by molar-refractivity contribution is 6.27. The van der Waals surface area contributed by atoms with Crippen molar-refractivity contribution in [2.24, 2.45) is 5.10 Å². The number of aliphatic hydroxyl groups is 3. The van der Waals surface area contributed by atoms with Gasteiger partial charge >= 0.3 is 0 Å². The van der Waals surface area contributed by atoms with Gasteiger partial charge in [-0.25, -0.2) is 5.01 Å². The predicted octanol–water partition coefficient (Wildman–Crippen LogP) is -2.68. The van der Waals surface area contributed by atoms with Crippen LogP contribution >= 0.6 is 0 Å². The number of nitrogens with zero attached hydrogens (tertiary/aromatic N) is 2. The van der Waals surface area contributed by atoms with Gasteiger partial charge in [0, 0.05) is 0 Å². The molecular weight excluding hydrogens is 254 g/mol. The van der Waals surface area contributed by atoms with E-state index in [9.17, 15) is 20.1 Å². The molecule has 2 aliphatic rings. The molecule has 0 saturated carbocycles. The molecule has 2 heterocycles. The van der Waals surface area contributed by atoms with Gasteiger partial charge in [0.2, 0.25) is 0 Å². The normalized spacial score (nSPS) is 38.2. The van der Waals surface area contributed by atoms with Crippen LogP contribution in [0.15, 0.2) is 17.5 Å². The van der Waals surface area contributed by atoms with Gasteiger partial charge in [0.05, 0.1) is 6.61 Å². The monoisotopic (exact) mass is 267 g/mol. The maximum atomic E-state index is 11.0. The quantitative estimate of drug-likeness (QED) is 0.405. The number of terminal acetylenes is 1. The molecule has 0 aromatic carbocycles. The van der Waals surface area contributed by atoms with Crippen molar-refractivity contribution >= 4 is 12.1 Å². The van der Waals surface area contributed by atoms with Gasteiger partial charge in [0.15, 0.2) is 11.8 Å². The fourth-order valence-corrected chi connectivity index (χ4v) is 1.91. The van der Waals surface area contributed by atoms with Crippen molar-refractivity contribution in [3.05, 3.63) is 12.4 Å². The van der Waals surface area contributed by atoms with Crippen LogP contribution in [0, 0.1) is 12.3 Å². The van der Waals surface area contributed by atoms with Crippen LogP contribution < -0.4 is 5.32 Å². The highest BCUT2D eigenvalue weighted by Gasteiger charge is 2.55. The summed E-state index contributed by atoms with van der Waals surface area (Å²) in [7, 11) is 0. The summed E-state index contributed by atoms with van der Waals surface area (Å²) in [6.07, 6.45) is 2.11. The lowest BCUT2D eigenvalue weighted by Crippen LogP contribution is -2.47. The third-order valence-corrected chi connectivity index (χ3v) is 2.99. The Bertz CT molecular complexity index is 485. The summed E-state index contributed by atoms with van der Waals surface area (Å²) in [5, 5.41) is 36.2. The summed E-state index contributed by atoms with van der Waals surface area (Å²) in [5.74, 6) is 1.71. The summed E-state index contributed by atoms with van der Waals surface area (Å²) in [5.41, 5.74) is -1.72. The van der Waals surface area contributed by atoms with Crippen molar-refractivity contribution < 1.29 is 24.9 Å². The molecule has 0 aromatic heterocycles. The van der Waals surface area contributed by atoms with Gasteiger partial charge in [-0.1, -0.05) is 12.5 Å². The van der Waals surface area contributed by atoms with Crippen LogP contribution in [0.1, 0.15) is 0 Å². The van der Waals surface area contributed by atoms with E-state index in [0.29, 0.717) is 0 Å². The van der Waals surface area contributed by atoms with Crippen LogP contribution in [0.3, 0.4) is 0 Å². The van der Waals surface area contributed by atoms with E-state index in [2.05, 4.69) is 22.9 Å². The van der Waals surface area contributed by atoms with Crippen molar-refractivity contribution in [2.45, 2.75) is 24.0 Å². The van der Waals surface area contributed by atoms with Gasteiger partial charge in [-0.15, -0.1) is 6.42 Å². The van der Waals surface area contributed by atoms with E-state index in [1.165, 1.54) is 0 Å². The molecule has 0 spiro atoms. The Labute approximate surface area is 109 Å². The zero-order valence-electron chi connectivity index (χ0n) is 9.85. The molecule has 1 fully saturated rings. The van der Waals surface area contributed by atoms with Gasteiger partial charge < -0.3 is 25.4 Å². The Balaban J connectivity index is 2.28. The first-order valence-corrected chi connectivity index (χ1v) is 5.41. The van der Waals surface area contributed by atoms with E-state index in [1.807, 2.05) is 0 Å². The number of hydrogen-bond acceptors (Lipinski definition) is 7. The summed E-state index contributed by atoms with van der Waals surface area (Å²) < 4.78 is 5.33. The van der Waals surface area contributed by atoms with E-state index < -0.39 is 36.6 Å². The summed E-state index contributed by atoms with van der Waals surface area (Å²) in [4.78, 5) is 11.0. The fourth-order valence-electron chi connectivity index (χ4n) is 1.91. The molecule has 1 saturated heterocycles. The van der Waals surface area contributed by atoms with Crippen molar-refractivity contribution in [2.75, 3.05) is 6.61 Å². The Morgan fingerprint density at radius 3 is 2.84 bits per heavy atom. The molecule has 0 aromatic rings. The number of hydrogen-bond donors (Lipinski definition) is 4. The topological polar surface area (TPSA) is 115 Å². The second kappa shape index (κ2) is 4.64.